The van der Waals surface area contributed by atoms with Crippen LogP contribution in [-0.2, 0) is 16.0 Å². The number of aliphatic carboxylic acids is 1. The minimum atomic E-state index is -1.00. The van der Waals surface area contributed by atoms with Gasteiger partial charge in [-0.15, -0.1) is 11.3 Å². The Balaban J connectivity index is 2.00. The molecule has 0 bridgehead atoms. The van der Waals surface area contributed by atoms with Crippen molar-refractivity contribution in [3.63, 3.8) is 0 Å². The number of hydrogen-bond donors (Lipinski definition) is 2. The highest BCUT2D eigenvalue weighted by molar-refractivity contribution is 7.10. The summed E-state index contributed by atoms with van der Waals surface area (Å²) in [6, 6.07) is 10.9. The SMILES string of the molecule is O=C(O)/C=C/c1cccc(NC(=O)Cc2cccs2)c1. The summed E-state index contributed by atoms with van der Waals surface area (Å²) in [6.45, 7) is 0. The maximum Gasteiger partial charge on any atom is 0.328 e. The number of amides is 1. The van der Waals surface area contributed by atoms with Crippen molar-refractivity contribution in [2.24, 2.45) is 0 Å². The molecule has 1 aromatic carbocycles. The molecule has 2 rings (SSSR count). The summed E-state index contributed by atoms with van der Waals surface area (Å²) in [5.41, 5.74) is 1.38. The zero-order valence-electron chi connectivity index (χ0n) is 10.6. The molecule has 0 aliphatic rings. The second-order valence-corrected chi connectivity index (χ2v) is 5.13. The molecule has 0 atom stereocenters. The summed E-state index contributed by atoms with van der Waals surface area (Å²) in [5.74, 6) is -1.09. The highest BCUT2D eigenvalue weighted by Crippen LogP contribution is 2.14. The van der Waals surface area contributed by atoms with Crippen LogP contribution in [0.2, 0.25) is 0 Å². The molecule has 20 heavy (non-hydrogen) atoms. The van der Waals surface area contributed by atoms with Crippen LogP contribution in [0.3, 0.4) is 0 Å². The first-order valence-corrected chi connectivity index (χ1v) is 6.85. The summed E-state index contributed by atoms with van der Waals surface area (Å²) in [4.78, 5) is 23.3. The smallest absolute Gasteiger partial charge is 0.328 e. The Labute approximate surface area is 120 Å². The minimum Gasteiger partial charge on any atom is -0.478 e. The van der Waals surface area contributed by atoms with Gasteiger partial charge in [0.05, 0.1) is 6.42 Å². The molecule has 0 radical (unpaired) electrons. The van der Waals surface area contributed by atoms with E-state index in [1.54, 1.807) is 24.3 Å². The van der Waals surface area contributed by atoms with Gasteiger partial charge in [-0.1, -0.05) is 18.2 Å². The fourth-order valence-electron chi connectivity index (χ4n) is 1.66. The van der Waals surface area contributed by atoms with Gasteiger partial charge in [-0.3, -0.25) is 4.79 Å². The Hall–Kier alpha value is -2.40. The molecule has 1 amide bonds. The van der Waals surface area contributed by atoms with Gasteiger partial charge in [0.25, 0.3) is 0 Å². The number of carbonyl (C=O) groups excluding carboxylic acids is 1. The van der Waals surface area contributed by atoms with Crippen LogP contribution in [0.5, 0.6) is 0 Å². The fourth-order valence-corrected chi connectivity index (χ4v) is 2.37. The van der Waals surface area contributed by atoms with Gasteiger partial charge >= 0.3 is 5.97 Å². The number of benzene rings is 1. The predicted molar refractivity (Wildman–Crippen MR) is 79.8 cm³/mol. The lowest BCUT2D eigenvalue weighted by molar-refractivity contribution is -0.131. The highest BCUT2D eigenvalue weighted by atomic mass is 32.1. The van der Waals surface area contributed by atoms with E-state index in [9.17, 15) is 9.59 Å². The lowest BCUT2D eigenvalue weighted by atomic mass is 10.2. The van der Waals surface area contributed by atoms with Crippen molar-refractivity contribution < 1.29 is 14.7 Å². The number of carboxylic acid groups (broad SMARTS) is 1. The van der Waals surface area contributed by atoms with Gasteiger partial charge in [-0.2, -0.15) is 0 Å². The molecule has 0 spiro atoms. The van der Waals surface area contributed by atoms with Crippen molar-refractivity contribution in [3.8, 4) is 0 Å². The Bertz CT molecular complexity index is 632. The van der Waals surface area contributed by atoms with E-state index in [4.69, 9.17) is 5.11 Å². The van der Waals surface area contributed by atoms with Gasteiger partial charge in [0, 0.05) is 16.6 Å². The summed E-state index contributed by atoms with van der Waals surface area (Å²) < 4.78 is 0. The quantitative estimate of drug-likeness (QED) is 0.831. The van der Waals surface area contributed by atoms with Crippen molar-refractivity contribution in [1.82, 2.24) is 0 Å². The third kappa shape index (κ3) is 4.37. The molecule has 0 saturated heterocycles. The number of carboxylic acids is 1. The van der Waals surface area contributed by atoms with Crippen LogP contribution in [-0.4, -0.2) is 17.0 Å². The maximum atomic E-state index is 11.8. The highest BCUT2D eigenvalue weighted by Gasteiger charge is 2.04. The van der Waals surface area contributed by atoms with E-state index in [2.05, 4.69) is 5.32 Å². The van der Waals surface area contributed by atoms with E-state index >= 15 is 0 Å². The van der Waals surface area contributed by atoms with Gasteiger partial charge in [0.2, 0.25) is 5.91 Å². The van der Waals surface area contributed by atoms with E-state index < -0.39 is 5.97 Å². The van der Waals surface area contributed by atoms with Crippen molar-refractivity contribution in [3.05, 3.63) is 58.3 Å². The van der Waals surface area contributed by atoms with Crippen LogP contribution in [0.4, 0.5) is 5.69 Å². The van der Waals surface area contributed by atoms with Gasteiger partial charge in [-0.25, -0.2) is 4.79 Å². The van der Waals surface area contributed by atoms with Crippen molar-refractivity contribution in [1.29, 1.82) is 0 Å². The third-order valence-electron chi connectivity index (χ3n) is 2.50. The molecular weight excluding hydrogens is 274 g/mol. The molecular formula is C15H13NO3S. The van der Waals surface area contributed by atoms with E-state index in [1.165, 1.54) is 17.4 Å². The zero-order valence-corrected chi connectivity index (χ0v) is 11.4. The van der Waals surface area contributed by atoms with Gasteiger partial charge in [0.1, 0.15) is 0 Å². The van der Waals surface area contributed by atoms with E-state index in [0.29, 0.717) is 12.1 Å². The van der Waals surface area contributed by atoms with Crippen LogP contribution in [0.1, 0.15) is 10.4 Å². The molecule has 2 aromatic rings. The largest absolute Gasteiger partial charge is 0.478 e. The molecule has 2 N–H and O–H groups in total. The molecule has 0 unspecified atom stereocenters. The van der Waals surface area contributed by atoms with Crippen molar-refractivity contribution in [2.45, 2.75) is 6.42 Å². The van der Waals surface area contributed by atoms with Crippen molar-refractivity contribution in [2.75, 3.05) is 5.32 Å². The number of rotatable bonds is 5. The van der Waals surface area contributed by atoms with Crippen LogP contribution in [0.25, 0.3) is 6.08 Å². The van der Waals surface area contributed by atoms with Gasteiger partial charge < -0.3 is 10.4 Å². The average molecular weight is 287 g/mol. The third-order valence-corrected chi connectivity index (χ3v) is 3.38. The zero-order chi connectivity index (χ0) is 14.4. The average Bonchev–Trinajstić information content (AvgIpc) is 2.89. The Morgan fingerprint density at radius 1 is 1.25 bits per heavy atom. The number of thiophene rings is 1. The molecule has 4 nitrogen and oxygen atoms in total. The number of anilines is 1. The maximum absolute atomic E-state index is 11.8. The Morgan fingerprint density at radius 2 is 2.10 bits per heavy atom. The monoisotopic (exact) mass is 287 g/mol. The molecule has 1 heterocycles. The number of carbonyl (C=O) groups is 2. The molecule has 0 aliphatic carbocycles. The summed E-state index contributed by atoms with van der Waals surface area (Å²) in [7, 11) is 0. The van der Waals surface area contributed by atoms with E-state index in [-0.39, 0.29) is 5.91 Å². The predicted octanol–water partition coefficient (Wildman–Crippen LogP) is 3.03. The van der Waals surface area contributed by atoms with E-state index in [0.717, 1.165) is 16.5 Å². The lowest BCUT2D eigenvalue weighted by Crippen LogP contribution is -2.13. The standard InChI is InChI=1S/C15H13NO3S/c17-14(10-13-5-2-8-20-13)16-12-4-1-3-11(9-12)6-7-15(18)19/h1-9H,10H2,(H,16,17)(H,18,19)/b7-6+. The summed E-state index contributed by atoms with van der Waals surface area (Å²) in [6.07, 6.45) is 2.89. The second kappa shape index (κ2) is 6.68. The first-order valence-electron chi connectivity index (χ1n) is 5.97. The van der Waals surface area contributed by atoms with Crippen molar-refractivity contribution >= 4 is 35.0 Å². The molecule has 5 heteroatoms. The lowest BCUT2D eigenvalue weighted by Gasteiger charge is -2.05. The Kier molecular flexibility index (Phi) is 4.68. The minimum absolute atomic E-state index is 0.0909. The van der Waals surface area contributed by atoms with Gasteiger partial charge in [-0.05, 0) is 35.2 Å². The molecule has 0 fully saturated rings. The van der Waals surface area contributed by atoms with Crippen LogP contribution >= 0.6 is 11.3 Å². The summed E-state index contributed by atoms with van der Waals surface area (Å²) in [5, 5.41) is 13.3. The molecule has 1 aromatic heterocycles. The molecule has 0 aliphatic heterocycles. The number of hydrogen-bond acceptors (Lipinski definition) is 3. The second-order valence-electron chi connectivity index (χ2n) is 4.10. The molecule has 102 valence electrons. The molecule has 0 saturated carbocycles. The fraction of sp³-hybridized carbons (Fsp3) is 0.0667. The number of nitrogens with one attached hydrogen (secondary N) is 1. The first kappa shape index (κ1) is 14.0. The first-order chi connectivity index (χ1) is 9.63. The summed E-state index contributed by atoms with van der Waals surface area (Å²) >= 11 is 1.54. The van der Waals surface area contributed by atoms with Crippen LogP contribution in [0, 0.1) is 0 Å². The topological polar surface area (TPSA) is 66.4 Å². The Morgan fingerprint density at radius 3 is 2.80 bits per heavy atom. The van der Waals surface area contributed by atoms with E-state index in [1.807, 2.05) is 17.5 Å². The van der Waals surface area contributed by atoms with Crippen LogP contribution in [0.15, 0.2) is 47.9 Å². The van der Waals surface area contributed by atoms with Crippen LogP contribution < -0.4 is 5.32 Å². The van der Waals surface area contributed by atoms with Gasteiger partial charge in [0.15, 0.2) is 0 Å². The normalized spacial score (nSPS) is 10.6.